The summed E-state index contributed by atoms with van der Waals surface area (Å²) in [5.74, 6) is 2.58. The lowest BCUT2D eigenvalue weighted by Crippen LogP contribution is -2.24. The lowest BCUT2D eigenvalue weighted by molar-refractivity contribution is 0.00622. The number of rotatable bonds is 6. The number of para-hydroxylation sites is 2. The molecule has 2 aliphatic rings. The minimum atomic E-state index is -0.476. The predicted octanol–water partition coefficient (Wildman–Crippen LogP) is 3.27. The molecule has 126 valence electrons. The van der Waals surface area contributed by atoms with Crippen LogP contribution in [0.2, 0.25) is 0 Å². The number of halogens is 1. The van der Waals surface area contributed by atoms with Crippen LogP contribution in [0.25, 0.3) is 11.0 Å². The largest absolute Gasteiger partial charge is 0.389 e. The molecule has 0 aliphatic heterocycles. The standard InChI is InChI=1S/C18H24N2O2.ClH/c21-16(9-20-12-19-17-3-1-2-4-18(17)20)11-22-10-15-8-13-5-6-14(15)7-13;/h1-4,12-16,21H,5-11H2;1H. The van der Waals surface area contributed by atoms with Crippen molar-refractivity contribution in [2.75, 3.05) is 13.2 Å². The first kappa shape index (κ1) is 16.7. The quantitative estimate of drug-likeness (QED) is 0.880. The van der Waals surface area contributed by atoms with Crippen LogP contribution in [0.15, 0.2) is 30.6 Å². The van der Waals surface area contributed by atoms with Crippen LogP contribution in [-0.2, 0) is 11.3 Å². The predicted molar refractivity (Wildman–Crippen MR) is 92.7 cm³/mol. The van der Waals surface area contributed by atoms with Crippen molar-refractivity contribution >= 4 is 23.4 Å². The molecule has 1 aromatic carbocycles. The zero-order valence-electron chi connectivity index (χ0n) is 13.3. The zero-order chi connectivity index (χ0) is 14.9. The summed E-state index contributed by atoms with van der Waals surface area (Å²) in [6.07, 6.45) is 6.89. The number of ether oxygens (including phenoxy) is 1. The molecule has 4 unspecified atom stereocenters. The van der Waals surface area contributed by atoms with Gasteiger partial charge >= 0.3 is 0 Å². The highest BCUT2D eigenvalue weighted by Gasteiger charge is 2.39. The molecule has 1 N–H and O–H groups in total. The maximum Gasteiger partial charge on any atom is 0.0959 e. The molecule has 4 atom stereocenters. The van der Waals surface area contributed by atoms with E-state index in [1.807, 2.05) is 28.8 Å². The third-order valence-electron chi connectivity index (χ3n) is 5.46. The Bertz CT molecular complexity index is 645. The van der Waals surface area contributed by atoms with Gasteiger partial charge in [0.1, 0.15) is 0 Å². The van der Waals surface area contributed by atoms with Crippen LogP contribution in [0, 0.1) is 17.8 Å². The SMILES string of the molecule is Cl.OC(COCC1CC2CCC1C2)Cn1cnc2ccccc21. The van der Waals surface area contributed by atoms with Crippen LogP contribution in [0.3, 0.4) is 0 Å². The fourth-order valence-corrected chi connectivity index (χ4v) is 4.37. The van der Waals surface area contributed by atoms with Gasteiger partial charge in [0.25, 0.3) is 0 Å². The summed E-state index contributed by atoms with van der Waals surface area (Å²) in [6, 6.07) is 8.00. The van der Waals surface area contributed by atoms with Crippen LogP contribution in [-0.4, -0.2) is 34.0 Å². The van der Waals surface area contributed by atoms with Crippen molar-refractivity contribution in [2.45, 2.75) is 38.3 Å². The number of hydrogen-bond donors (Lipinski definition) is 1. The Hall–Kier alpha value is -1.10. The van der Waals surface area contributed by atoms with Crippen molar-refractivity contribution in [3.63, 3.8) is 0 Å². The van der Waals surface area contributed by atoms with Crippen LogP contribution in [0.1, 0.15) is 25.7 Å². The molecule has 2 saturated carbocycles. The summed E-state index contributed by atoms with van der Waals surface area (Å²) in [6.45, 7) is 1.78. The third kappa shape index (κ3) is 3.54. The Kier molecular flexibility index (Phi) is 5.24. The van der Waals surface area contributed by atoms with Crippen LogP contribution in [0.4, 0.5) is 0 Å². The van der Waals surface area contributed by atoms with E-state index in [1.54, 1.807) is 6.33 Å². The highest BCUT2D eigenvalue weighted by atomic mass is 35.5. The normalized spacial score (nSPS) is 27.3. The Balaban J connectivity index is 0.00000156. The van der Waals surface area contributed by atoms with Crippen molar-refractivity contribution in [3.8, 4) is 0 Å². The van der Waals surface area contributed by atoms with E-state index in [9.17, 15) is 5.11 Å². The lowest BCUT2D eigenvalue weighted by Gasteiger charge is -2.22. The van der Waals surface area contributed by atoms with Crippen LogP contribution < -0.4 is 0 Å². The van der Waals surface area contributed by atoms with Gasteiger partial charge in [-0.3, -0.25) is 0 Å². The molecule has 2 fully saturated rings. The summed E-state index contributed by atoms with van der Waals surface area (Å²) in [4.78, 5) is 4.35. The minimum absolute atomic E-state index is 0. The highest BCUT2D eigenvalue weighted by molar-refractivity contribution is 5.85. The molecule has 1 aromatic heterocycles. The van der Waals surface area contributed by atoms with Gasteiger partial charge in [0.15, 0.2) is 0 Å². The number of benzene rings is 1. The summed E-state index contributed by atoms with van der Waals surface area (Å²) in [5.41, 5.74) is 2.03. The number of nitrogens with zero attached hydrogens (tertiary/aromatic N) is 2. The zero-order valence-corrected chi connectivity index (χ0v) is 14.1. The molecular formula is C18H25ClN2O2. The molecule has 0 amide bonds. The Morgan fingerprint density at radius 1 is 1.26 bits per heavy atom. The average Bonchev–Trinajstić information content (AvgIpc) is 3.23. The molecule has 5 heteroatoms. The van der Waals surface area contributed by atoms with E-state index in [2.05, 4.69) is 4.98 Å². The molecule has 2 aliphatic carbocycles. The van der Waals surface area contributed by atoms with E-state index in [0.717, 1.165) is 35.4 Å². The first-order chi connectivity index (χ1) is 10.8. The molecule has 0 saturated heterocycles. The van der Waals surface area contributed by atoms with Gasteiger partial charge in [0, 0.05) is 6.61 Å². The van der Waals surface area contributed by atoms with Gasteiger partial charge in [0.05, 0.1) is 36.6 Å². The Morgan fingerprint density at radius 3 is 2.91 bits per heavy atom. The van der Waals surface area contributed by atoms with E-state index in [1.165, 1.54) is 25.7 Å². The molecule has 0 radical (unpaired) electrons. The molecule has 4 nitrogen and oxygen atoms in total. The topological polar surface area (TPSA) is 47.3 Å². The second-order valence-corrected chi connectivity index (χ2v) is 7.01. The van der Waals surface area contributed by atoms with Gasteiger partial charge in [-0.2, -0.15) is 0 Å². The van der Waals surface area contributed by atoms with Crippen molar-refractivity contribution in [3.05, 3.63) is 30.6 Å². The van der Waals surface area contributed by atoms with Gasteiger partial charge < -0.3 is 14.4 Å². The number of aliphatic hydroxyl groups is 1. The van der Waals surface area contributed by atoms with Crippen LogP contribution in [0.5, 0.6) is 0 Å². The maximum absolute atomic E-state index is 10.2. The summed E-state index contributed by atoms with van der Waals surface area (Å²) in [7, 11) is 0. The van der Waals surface area contributed by atoms with Gasteiger partial charge in [-0.15, -0.1) is 12.4 Å². The van der Waals surface area contributed by atoms with Crippen molar-refractivity contribution < 1.29 is 9.84 Å². The molecule has 0 spiro atoms. The minimum Gasteiger partial charge on any atom is -0.389 e. The molecule has 2 bridgehead atoms. The first-order valence-electron chi connectivity index (χ1n) is 8.45. The lowest BCUT2D eigenvalue weighted by atomic mass is 9.90. The molecule has 23 heavy (non-hydrogen) atoms. The molecule has 1 heterocycles. The highest BCUT2D eigenvalue weighted by Crippen LogP contribution is 2.48. The molecule has 4 rings (SSSR count). The van der Waals surface area contributed by atoms with Crippen molar-refractivity contribution in [2.24, 2.45) is 17.8 Å². The van der Waals surface area contributed by atoms with Crippen molar-refractivity contribution in [1.29, 1.82) is 0 Å². The molecular weight excluding hydrogens is 312 g/mol. The molecule has 2 aromatic rings. The second kappa shape index (κ2) is 7.20. The van der Waals surface area contributed by atoms with Crippen molar-refractivity contribution in [1.82, 2.24) is 9.55 Å². The summed E-state index contributed by atoms with van der Waals surface area (Å²) >= 11 is 0. The first-order valence-corrected chi connectivity index (χ1v) is 8.45. The summed E-state index contributed by atoms with van der Waals surface area (Å²) < 4.78 is 7.81. The number of aromatic nitrogens is 2. The number of fused-ring (bicyclic) bond motifs is 3. The summed E-state index contributed by atoms with van der Waals surface area (Å²) in [5, 5.41) is 10.2. The Morgan fingerprint density at radius 2 is 2.13 bits per heavy atom. The fourth-order valence-electron chi connectivity index (χ4n) is 4.37. The van der Waals surface area contributed by atoms with E-state index in [-0.39, 0.29) is 12.4 Å². The smallest absolute Gasteiger partial charge is 0.0959 e. The Labute approximate surface area is 143 Å². The second-order valence-electron chi connectivity index (χ2n) is 7.01. The van der Waals surface area contributed by atoms with E-state index < -0.39 is 6.10 Å². The van der Waals surface area contributed by atoms with Gasteiger partial charge in [0.2, 0.25) is 0 Å². The van der Waals surface area contributed by atoms with Crippen LogP contribution >= 0.6 is 12.4 Å². The fraction of sp³-hybridized carbons (Fsp3) is 0.611. The van der Waals surface area contributed by atoms with E-state index in [0.29, 0.717) is 13.2 Å². The average molecular weight is 337 g/mol. The van der Waals surface area contributed by atoms with Gasteiger partial charge in [-0.05, 0) is 49.1 Å². The monoisotopic (exact) mass is 336 g/mol. The third-order valence-corrected chi connectivity index (χ3v) is 5.46. The maximum atomic E-state index is 10.2. The van der Waals surface area contributed by atoms with Gasteiger partial charge in [-0.1, -0.05) is 18.6 Å². The van der Waals surface area contributed by atoms with E-state index >= 15 is 0 Å². The van der Waals surface area contributed by atoms with Gasteiger partial charge in [-0.25, -0.2) is 4.98 Å². The number of aliphatic hydroxyl groups excluding tert-OH is 1. The number of hydrogen-bond acceptors (Lipinski definition) is 3. The van der Waals surface area contributed by atoms with E-state index in [4.69, 9.17) is 4.74 Å². The number of imidazole rings is 1.